The standard InChI is InChI=1S/C11H16N4O/c1-11(2,6-8-16)13-10-12-9-5-3-4-7-15(9)14-10/h3-5,7,16H,6,8H2,1-2H3,(H,13,14). The molecule has 0 radical (unpaired) electrons. The molecule has 0 atom stereocenters. The van der Waals surface area contributed by atoms with Crippen molar-refractivity contribution >= 4 is 11.6 Å². The van der Waals surface area contributed by atoms with Gasteiger partial charge in [-0.05, 0) is 32.4 Å². The number of hydrogen-bond acceptors (Lipinski definition) is 4. The molecule has 2 rings (SSSR count). The SMILES string of the molecule is CC(C)(CCO)Nc1nc2ccccn2n1. The minimum Gasteiger partial charge on any atom is -0.396 e. The van der Waals surface area contributed by atoms with Crippen molar-refractivity contribution < 1.29 is 5.11 Å². The van der Waals surface area contributed by atoms with Crippen LogP contribution >= 0.6 is 0 Å². The molecule has 86 valence electrons. The van der Waals surface area contributed by atoms with Gasteiger partial charge in [-0.25, -0.2) is 4.52 Å². The number of anilines is 1. The predicted octanol–water partition coefficient (Wildman–Crippen LogP) is 1.30. The van der Waals surface area contributed by atoms with Crippen LogP contribution in [0.25, 0.3) is 5.65 Å². The Kier molecular flexibility index (Phi) is 2.78. The summed E-state index contributed by atoms with van der Waals surface area (Å²) in [5.74, 6) is 0.588. The van der Waals surface area contributed by atoms with E-state index in [4.69, 9.17) is 5.11 Å². The molecule has 5 heteroatoms. The number of nitrogens with one attached hydrogen (secondary N) is 1. The van der Waals surface area contributed by atoms with Gasteiger partial charge in [0.25, 0.3) is 0 Å². The molecule has 0 amide bonds. The largest absolute Gasteiger partial charge is 0.396 e. The van der Waals surface area contributed by atoms with Crippen molar-refractivity contribution in [2.45, 2.75) is 25.8 Å². The van der Waals surface area contributed by atoms with Gasteiger partial charge in [0.1, 0.15) is 0 Å². The highest BCUT2D eigenvalue weighted by molar-refractivity contribution is 5.43. The molecule has 0 unspecified atom stereocenters. The summed E-state index contributed by atoms with van der Waals surface area (Å²) in [6.45, 7) is 4.16. The Hall–Kier alpha value is -1.62. The fourth-order valence-electron chi connectivity index (χ4n) is 1.53. The summed E-state index contributed by atoms with van der Waals surface area (Å²) < 4.78 is 1.72. The van der Waals surface area contributed by atoms with Gasteiger partial charge in [-0.1, -0.05) is 6.07 Å². The Balaban J connectivity index is 2.21. The summed E-state index contributed by atoms with van der Waals surface area (Å²) in [7, 11) is 0. The lowest BCUT2D eigenvalue weighted by Crippen LogP contribution is -2.32. The minimum atomic E-state index is -0.209. The summed E-state index contributed by atoms with van der Waals surface area (Å²) in [6.07, 6.45) is 2.51. The van der Waals surface area contributed by atoms with Crippen LogP contribution in [0.4, 0.5) is 5.95 Å². The minimum absolute atomic E-state index is 0.146. The molecule has 0 aliphatic carbocycles. The van der Waals surface area contributed by atoms with Crippen molar-refractivity contribution in [2.75, 3.05) is 11.9 Å². The molecule has 0 spiro atoms. The fraction of sp³-hybridized carbons (Fsp3) is 0.455. The third kappa shape index (κ3) is 2.30. The zero-order valence-electron chi connectivity index (χ0n) is 9.51. The van der Waals surface area contributed by atoms with E-state index in [1.165, 1.54) is 0 Å². The second kappa shape index (κ2) is 4.09. The first-order valence-electron chi connectivity index (χ1n) is 5.31. The van der Waals surface area contributed by atoms with E-state index in [-0.39, 0.29) is 12.1 Å². The highest BCUT2D eigenvalue weighted by Gasteiger charge is 2.18. The molecule has 0 fully saturated rings. The first-order valence-corrected chi connectivity index (χ1v) is 5.31. The van der Waals surface area contributed by atoms with Gasteiger partial charge in [-0.3, -0.25) is 0 Å². The molecule has 0 saturated carbocycles. The van der Waals surface area contributed by atoms with E-state index in [1.54, 1.807) is 4.52 Å². The van der Waals surface area contributed by atoms with Crippen molar-refractivity contribution in [3.63, 3.8) is 0 Å². The van der Waals surface area contributed by atoms with Gasteiger partial charge in [0.15, 0.2) is 5.65 Å². The monoisotopic (exact) mass is 220 g/mol. The molecule has 0 aliphatic heterocycles. The second-order valence-corrected chi connectivity index (χ2v) is 4.42. The van der Waals surface area contributed by atoms with Crippen LogP contribution in [-0.4, -0.2) is 31.9 Å². The van der Waals surface area contributed by atoms with Crippen LogP contribution in [0.5, 0.6) is 0 Å². The molecular formula is C11H16N4O. The maximum Gasteiger partial charge on any atom is 0.243 e. The van der Waals surface area contributed by atoms with Gasteiger partial charge in [-0.15, -0.1) is 5.10 Å². The first-order chi connectivity index (χ1) is 7.61. The predicted molar refractivity (Wildman–Crippen MR) is 62.4 cm³/mol. The number of aliphatic hydroxyl groups excluding tert-OH is 1. The third-order valence-electron chi connectivity index (χ3n) is 2.43. The van der Waals surface area contributed by atoms with Crippen molar-refractivity contribution in [3.05, 3.63) is 24.4 Å². The van der Waals surface area contributed by atoms with Gasteiger partial charge >= 0.3 is 0 Å². The Bertz CT molecular complexity index is 445. The van der Waals surface area contributed by atoms with Crippen LogP contribution in [0.3, 0.4) is 0 Å². The lowest BCUT2D eigenvalue weighted by atomic mass is 10.0. The third-order valence-corrected chi connectivity index (χ3v) is 2.43. The molecule has 2 heterocycles. The molecule has 0 aliphatic rings. The lowest BCUT2D eigenvalue weighted by molar-refractivity contribution is 0.260. The van der Waals surface area contributed by atoms with E-state index in [9.17, 15) is 0 Å². The highest BCUT2D eigenvalue weighted by Crippen LogP contribution is 2.15. The summed E-state index contributed by atoms with van der Waals surface area (Å²) in [5.41, 5.74) is 0.601. The van der Waals surface area contributed by atoms with Crippen molar-refractivity contribution in [3.8, 4) is 0 Å². The van der Waals surface area contributed by atoms with Crippen LogP contribution in [0.2, 0.25) is 0 Å². The Labute approximate surface area is 94.1 Å². The van der Waals surface area contributed by atoms with Gasteiger partial charge in [0, 0.05) is 18.3 Å². The molecular weight excluding hydrogens is 204 g/mol. The summed E-state index contributed by atoms with van der Waals surface area (Å²) in [5, 5.41) is 16.4. The molecule has 2 N–H and O–H groups in total. The van der Waals surface area contributed by atoms with Crippen LogP contribution in [-0.2, 0) is 0 Å². The zero-order chi connectivity index (χ0) is 11.6. The van der Waals surface area contributed by atoms with E-state index < -0.39 is 0 Å². The molecule has 5 nitrogen and oxygen atoms in total. The second-order valence-electron chi connectivity index (χ2n) is 4.42. The molecule has 2 aromatic heterocycles. The smallest absolute Gasteiger partial charge is 0.243 e. The number of aromatic nitrogens is 3. The number of hydrogen-bond donors (Lipinski definition) is 2. The quantitative estimate of drug-likeness (QED) is 0.815. The molecule has 0 saturated heterocycles. The van der Waals surface area contributed by atoms with Crippen LogP contribution in [0.1, 0.15) is 20.3 Å². The maximum atomic E-state index is 8.93. The maximum absolute atomic E-state index is 8.93. The molecule has 2 aromatic rings. The van der Waals surface area contributed by atoms with Gasteiger partial charge < -0.3 is 10.4 Å². The van der Waals surface area contributed by atoms with Gasteiger partial charge in [0.2, 0.25) is 5.95 Å². The number of rotatable bonds is 4. The lowest BCUT2D eigenvalue weighted by Gasteiger charge is -2.24. The van der Waals surface area contributed by atoms with E-state index in [1.807, 2.05) is 38.2 Å². The summed E-state index contributed by atoms with van der Waals surface area (Å²) >= 11 is 0. The zero-order valence-corrected chi connectivity index (χ0v) is 9.51. The highest BCUT2D eigenvalue weighted by atomic mass is 16.3. The van der Waals surface area contributed by atoms with E-state index in [0.29, 0.717) is 12.4 Å². The van der Waals surface area contributed by atoms with Crippen molar-refractivity contribution in [2.24, 2.45) is 0 Å². The van der Waals surface area contributed by atoms with E-state index >= 15 is 0 Å². The number of nitrogens with zero attached hydrogens (tertiary/aromatic N) is 3. The molecule has 16 heavy (non-hydrogen) atoms. The van der Waals surface area contributed by atoms with Crippen LogP contribution in [0.15, 0.2) is 24.4 Å². The van der Waals surface area contributed by atoms with E-state index in [2.05, 4.69) is 15.4 Å². The van der Waals surface area contributed by atoms with E-state index in [0.717, 1.165) is 5.65 Å². The number of aliphatic hydroxyl groups is 1. The summed E-state index contributed by atoms with van der Waals surface area (Å²) in [6, 6.07) is 5.73. The van der Waals surface area contributed by atoms with Crippen molar-refractivity contribution in [1.29, 1.82) is 0 Å². The van der Waals surface area contributed by atoms with Crippen molar-refractivity contribution in [1.82, 2.24) is 14.6 Å². The Morgan fingerprint density at radius 2 is 2.25 bits per heavy atom. The van der Waals surface area contributed by atoms with Crippen LogP contribution in [0, 0.1) is 0 Å². The molecule has 0 aromatic carbocycles. The Morgan fingerprint density at radius 3 is 2.94 bits per heavy atom. The first kappa shape index (κ1) is 10.9. The van der Waals surface area contributed by atoms with Gasteiger partial charge in [-0.2, -0.15) is 4.98 Å². The summed E-state index contributed by atoms with van der Waals surface area (Å²) in [4.78, 5) is 4.34. The average molecular weight is 220 g/mol. The molecule has 0 bridgehead atoms. The Morgan fingerprint density at radius 1 is 1.44 bits per heavy atom. The fourth-order valence-corrected chi connectivity index (χ4v) is 1.53. The number of pyridine rings is 1. The average Bonchev–Trinajstić information content (AvgIpc) is 2.58. The van der Waals surface area contributed by atoms with Crippen LogP contribution < -0.4 is 5.32 Å². The number of fused-ring (bicyclic) bond motifs is 1. The normalized spacial score (nSPS) is 11.9. The topological polar surface area (TPSA) is 62.5 Å². The van der Waals surface area contributed by atoms with Gasteiger partial charge in [0.05, 0.1) is 0 Å².